The summed E-state index contributed by atoms with van der Waals surface area (Å²) in [6, 6.07) is 1.93. The molecule has 11 heteroatoms. The molecule has 1 fully saturated rings. The number of halogens is 3. The molecule has 1 aliphatic rings. The van der Waals surface area contributed by atoms with E-state index in [-0.39, 0.29) is 17.5 Å². The minimum atomic E-state index is -4.32. The molecule has 0 radical (unpaired) electrons. The summed E-state index contributed by atoms with van der Waals surface area (Å²) in [5.74, 6) is 1.41. The first kappa shape index (κ1) is 21.6. The third kappa shape index (κ3) is 3.79. The lowest BCUT2D eigenvalue weighted by Gasteiger charge is -2.17. The highest BCUT2D eigenvalue weighted by molar-refractivity contribution is 5.74. The number of H-pyrrole nitrogens is 1. The number of alkyl halides is 3. The maximum absolute atomic E-state index is 12.4. The van der Waals surface area contributed by atoms with Crippen LogP contribution in [-0.2, 0) is 6.42 Å². The Kier molecular flexibility index (Phi) is 5.21. The van der Waals surface area contributed by atoms with Gasteiger partial charge in [-0.15, -0.1) is 10.2 Å². The number of fused-ring (bicyclic) bond motifs is 3. The zero-order chi connectivity index (χ0) is 23.3. The SMILES string of the molecule is CC[C@@H]1C[C@H](Cc2c(NCCC(F)(F)F)c(=O)c2=O)C[C@@H]1c1nnc2cnc3[nH]ccc3n12. The molecule has 0 spiro atoms. The molecule has 1 aromatic carbocycles. The van der Waals surface area contributed by atoms with Crippen LogP contribution in [0.3, 0.4) is 0 Å². The topological polar surface area (TPSA) is 105 Å². The van der Waals surface area contributed by atoms with E-state index in [1.807, 2.05) is 16.7 Å². The summed E-state index contributed by atoms with van der Waals surface area (Å²) in [5, 5.41) is 11.3. The van der Waals surface area contributed by atoms with Crippen LogP contribution in [-0.4, -0.2) is 37.3 Å². The van der Waals surface area contributed by atoms with Gasteiger partial charge in [0.25, 0.3) is 0 Å². The maximum atomic E-state index is 12.4. The third-order valence-corrected chi connectivity index (χ3v) is 6.83. The lowest BCUT2D eigenvalue weighted by molar-refractivity contribution is -0.131. The summed E-state index contributed by atoms with van der Waals surface area (Å²) in [7, 11) is 0. The number of hydrogen-bond acceptors (Lipinski definition) is 6. The number of nitrogens with zero attached hydrogens (tertiary/aromatic N) is 4. The van der Waals surface area contributed by atoms with Crippen molar-refractivity contribution in [3.63, 3.8) is 0 Å². The van der Waals surface area contributed by atoms with E-state index in [0.29, 0.717) is 23.5 Å². The van der Waals surface area contributed by atoms with Gasteiger partial charge in [-0.2, -0.15) is 13.2 Å². The van der Waals surface area contributed by atoms with Crippen LogP contribution in [0, 0.1) is 11.8 Å². The van der Waals surface area contributed by atoms with Crippen LogP contribution < -0.4 is 16.2 Å². The summed E-state index contributed by atoms with van der Waals surface area (Å²) >= 11 is 0. The van der Waals surface area contributed by atoms with E-state index in [0.717, 1.165) is 36.3 Å². The molecule has 33 heavy (non-hydrogen) atoms. The van der Waals surface area contributed by atoms with Gasteiger partial charge in [-0.05, 0) is 37.2 Å². The van der Waals surface area contributed by atoms with Crippen molar-refractivity contribution in [2.24, 2.45) is 11.8 Å². The Morgan fingerprint density at radius 3 is 2.79 bits per heavy atom. The second-order valence-electron chi connectivity index (χ2n) is 8.84. The average Bonchev–Trinajstić information content (AvgIpc) is 3.50. The summed E-state index contributed by atoms with van der Waals surface area (Å²) < 4.78 is 39.4. The Labute approximate surface area is 185 Å². The van der Waals surface area contributed by atoms with Crippen LogP contribution in [0.1, 0.15) is 49.9 Å². The molecule has 0 saturated heterocycles. The van der Waals surface area contributed by atoms with E-state index < -0.39 is 30.0 Å². The highest BCUT2D eigenvalue weighted by Crippen LogP contribution is 2.45. The minimum absolute atomic E-state index is 0.0498. The van der Waals surface area contributed by atoms with Crippen molar-refractivity contribution in [3.8, 4) is 0 Å². The Morgan fingerprint density at radius 2 is 2.03 bits per heavy atom. The molecule has 8 nitrogen and oxygen atoms in total. The second kappa shape index (κ2) is 7.96. The molecule has 3 aromatic heterocycles. The normalized spacial score (nSPS) is 21.5. The van der Waals surface area contributed by atoms with E-state index in [2.05, 4.69) is 32.4 Å². The standard InChI is InChI=1S/C22H23F3N6O2/c1-2-12-7-11(9-14-17(19(33)18(14)32)26-6-4-22(23,24)25)8-13(12)21-30-29-16-10-28-20-15(31(16)21)3-5-27-20/h3,5,10-13,26-27H,2,4,6-9H2,1H3/t11-,12+,13-/m0/s1. The zero-order valence-electron chi connectivity index (χ0n) is 17.9. The van der Waals surface area contributed by atoms with Gasteiger partial charge < -0.3 is 10.3 Å². The van der Waals surface area contributed by atoms with Gasteiger partial charge >= 0.3 is 6.18 Å². The van der Waals surface area contributed by atoms with Crippen LogP contribution >= 0.6 is 0 Å². The first-order valence-electron chi connectivity index (χ1n) is 11.1. The number of nitrogens with one attached hydrogen (secondary N) is 2. The molecule has 4 aromatic rings. The molecule has 2 N–H and O–H groups in total. The molecule has 0 amide bonds. The fourth-order valence-electron chi connectivity index (χ4n) is 5.25. The van der Waals surface area contributed by atoms with Gasteiger partial charge in [0.1, 0.15) is 5.82 Å². The van der Waals surface area contributed by atoms with Crippen molar-refractivity contribution in [2.45, 2.75) is 51.1 Å². The molecule has 0 unspecified atom stereocenters. The molecule has 0 aliphatic heterocycles. The van der Waals surface area contributed by atoms with Crippen LogP contribution in [0.5, 0.6) is 0 Å². The number of aromatic nitrogens is 5. The van der Waals surface area contributed by atoms with Crippen molar-refractivity contribution in [1.29, 1.82) is 0 Å². The first-order valence-corrected chi connectivity index (χ1v) is 11.1. The second-order valence-corrected chi connectivity index (χ2v) is 8.84. The monoisotopic (exact) mass is 460 g/mol. The fourth-order valence-corrected chi connectivity index (χ4v) is 5.25. The van der Waals surface area contributed by atoms with Crippen LogP contribution in [0.4, 0.5) is 18.9 Å². The van der Waals surface area contributed by atoms with Crippen molar-refractivity contribution in [1.82, 2.24) is 24.6 Å². The first-order chi connectivity index (χ1) is 15.8. The Morgan fingerprint density at radius 1 is 1.21 bits per heavy atom. The molecule has 5 rings (SSSR count). The molecule has 1 aliphatic carbocycles. The molecule has 0 bridgehead atoms. The van der Waals surface area contributed by atoms with Gasteiger partial charge in [0.2, 0.25) is 10.9 Å². The van der Waals surface area contributed by atoms with E-state index >= 15 is 0 Å². The highest BCUT2D eigenvalue weighted by Gasteiger charge is 2.38. The number of anilines is 1. The molecule has 1 saturated carbocycles. The summed E-state index contributed by atoms with van der Waals surface area (Å²) in [4.78, 5) is 31.6. The average molecular weight is 460 g/mol. The summed E-state index contributed by atoms with van der Waals surface area (Å²) in [6.07, 6.45) is 1.01. The van der Waals surface area contributed by atoms with Crippen molar-refractivity contribution in [2.75, 3.05) is 11.9 Å². The van der Waals surface area contributed by atoms with Gasteiger partial charge in [-0.1, -0.05) is 13.3 Å². The number of aromatic amines is 1. The molecular weight excluding hydrogens is 437 g/mol. The van der Waals surface area contributed by atoms with Gasteiger partial charge in [-0.25, -0.2) is 4.98 Å². The van der Waals surface area contributed by atoms with E-state index in [4.69, 9.17) is 0 Å². The largest absolute Gasteiger partial charge is 0.390 e. The summed E-state index contributed by atoms with van der Waals surface area (Å²) in [5.41, 5.74) is 1.36. The van der Waals surface area contributed by atoms with E-state index in [1.165, 1.54) is 0 Å². The van der Waals surface area contributed by atoms with Gasteiger partial charge in [0, 0.05) is 24.2 Å². The predicted octanol–water partition coefficient (Wildman–Crippen LogP) is 3.33. The number of rotatable bonds is 7. The quantitative estimate of drug-likeness (QED) is 0.410. The van der Waals surface area contributed by atoms with Crippen LogP contribution in [0.2, 0.25) is 0 Å². The van der Waals surface area contributed by atoms with Crippen LogP contribution in [0.15, 0.2) is 28.0 Å². The third-order valence-electron chi connectivity index (χ3n) is 6.83. The van der Waals surface area contributed by atoms with Gasteiger partial charge in [-0.3, -0.25) is 14.0 Å². The molecule has 3 heterocycles. The van der Waals surface area contributed by atoms with Crippen molar-refractivity contribution >= 4 is 22.5 Å². The van der Waals surface area contributed by atoms with Crippen LogP contribution in [0.25, 0.3) is 16.8 Å². The zero-order valence-corrected chi connectivity index (χ0v) is 17.9. The van der Waals surface area contributed by atoms with E-state index in [9.17, 15) is 22.8 Å². The maximum Gasteiger partial charge on any atom is 0.390 e. The fraction of sp³-hybridized carbons (Fsp3) is 0.500. The Bertz CT molecular complexity index is 1380. The lowest BCUT2D eigenvalue weighted by Crippen LogP contribution is -2.39. The Balaban J connectivity index is 1.37. The van der Waals surface area contributed by atoms with E-state index in [1.54, 1.807) is 6.20 Å². The molecule has 3 atom stereocenters. The summed E-state index contributed by atoms with van der Waals surface area (Å²) in [6.45, 7) is 1.69. The highest BCUT2D eigenvalue weighted by atomic mass is 19.4. The Hall–Kier alpha value is -3.24. The smallest absolute Gasteiger partial charge is 0.381 e. The minimum Gasteiger partial charge on any atom is -0.381 e. The predicted molar refractivity (Wildman–Crippen MR) is 116 cm³/mol. The van der Waals surface area contributed by atoms with Crippen molar-refractivity contribution < 1.29 is 13.2 Å². The van der Waals surface area contributed by atoms with Crippen molar-refractivity contribution in [3.05, 3.63) is 50.3 Å². The lowest BCUT2D eigenvalue weighted by atomic mass is 9.92. The van der Waals surface area contributed by atoms with Gasteiger partial charge in [0.05, 0.1) is 23.8 Å². The molecular formula is C22H23F3N6O2. The van der Waals surface area contributed by atoms with Gasteiger partial charge in [0.15, 0.2) is 11.3 Å². The molecule has 174 valence electrons. The number of hydrogen-bond donors (Lipinski definition) is 2.